The maximum atomic E-state index is 13.6. The van der Waals surface area contributed by atoms with Crippen LogP contribution >= 0.6 is 23.2 Å². The number of nitrogens with zero attached hydrogens (tertiary/aromatic N) is 2. The van der Waals surface area contributed by atoms with Gasteiger partial charge < -0.3 is 10.2 Å². The Labute approximate surface area is 183 Å². The van der Waals surface area contributed by atoms with Crippen LogP contribution < -0.4 is 5.32 Å². The number of amides is 1. The van der Waals surface area contributed by atoms with Gasteiger partial charge in [-0.2, -0.15) is 4.31 Å². The number of rotatable bonds is 4. The Morgan fingerprint density at radius 3 is 2.27 bits per heavy atom. The quantitative estimate of drug-likeness (QED) is 0.727. The molecule has 0 atom stereocenters. The monoisotopic (exact) mass is 477 g/mol. The smallest absolute Gasteiger partial charge is 0.257 e. The molecule has 0 unspecified atom stereocenters. The summed E-state index contributed by atoms with van der Waals surface area (Å²) in [5, 5.41) is 2.22. The van der Waals surface area contributed by atoms with Crippen LogP contribution in [0.2, 0.25) is 10.0 Å². The number of anilines is 1. The number of carbonyl (C=O) groups is 1. The SMILES string of the molecule is Cc1cc(NC(=O)c2cc(S(=O)(=O)N3CCN(C)CC3)c(Cl)cc2Cl)cc(F)c1F. The fraction of sp³-hybridized carbons (Fsp3) is 0.316. The molecule has 162 valence electrons. The molecule has 0 radical (unpaired) electrons. The maximum absolute atomic E-state index is 13.6. The first-order valence-corrected chi connectivity index (χ1v) is 11.1. The molecule has 1 fully saturated rings. The fourth-order valence-electron chi connectivity index (χ4n) is 3.07. The van der Waals surface area contributed by atoms with Crippen LogP contribution in [-0.2, 0) is 10.0 Å². The topological polar surface area (TPSA) is 69.7 Å². The summed E-state index contributed by atoms with van der Waals surface area (Å²) < 4.78 is 54.5. The number of hydrogen-bond donors (Lipinski definition) is 1. The highest BCUT2D eigenvalue weighted by Crippen LogP contribution is 2.31. The zero-order valence-electron chi connectivity index (χ0n) is 16.2. The van der Waals surface area contributed by atoms with E-state index >= 15 is 0 Å². The first-order valence-electron chi connectivity index (χ1n) is 8.95. The maximum Gasteiger partial charge on any atom is 0.257 e. The lowest BCUT2D eigenvalue weighted by Gasteiger charge is -2.31. The average Bonchev–Trinajstić information content (AvgIpc) is 2.66. The molecule has 1 aliphatic heterocycles. The highest BCUT2D eigenvalue weighted by atomic mass is 35.5. The molecule has 1 amide bonds. The van der Waals surface area contributed by atoms with E-state index in [1.54, 1.807) is 0 Å². The molecule has 11 heteroatoms. The van der Waals surface area contributed by atoms with Crippen LogP contribution in [0.1, 0.15) is 15.9 Å². The summed E-state index contributed by atoms with van der Waals surface area (Å²) >= 11 is 12.2. The second kappa shape index (κ2) is 8.76. The van der Waals surface area contributed by atoms with E-state index in [9.17, 15) is 22.0 Å². The Morgan fingerprint density at radius 1 is 1.03 bits per heavy atom. The Hall–Kier alpha value is -1.78. The van der Waals surface area contributed by atoms with Crippen molar-refractivity contribution >= 4 is 44.8 Å². The highest BCUT2D eigenvalue weighted by Gasteiger charge is 2.31. The van der Waals surface area contributed by atoms with Gasteiger partial charge in [0, 0.05) is 37.9 Å². The van der Waals surface area contributed by atoms with Gasteiger partial charge in [-0.3, -0.25) is 4.79 Å². The van der Waals surface area contributed by atoms with Gasteiger partial charge in [-0.1, -0.05) is 23.2 Å². The number of likely N-dealkylation sites (N-methyl/N-ethyl adjacent to an activating group) is 1. The van der Waals surface area contributed by atoms with Gasteiger partial charge in [0.2, 0.25) is 10.0 Å². The normalized spacial score (nSPS) is 15.9. The van der Waals surface area contributed by atoms with Crippen LogP contribution in [-0.4, -0.2) is 56.8 Å². The molecule has 1 heterocycles. The van der Waals surface area contributed by atoms with Gasteiger partial charge in [-0.05, 0) is 37.7 Å². The molecule has 30 heavy (non-hydrogen) atoms. The summed E-state index contributed by atoms with van der Waals surface area (Å²) in [4.78, 5) is 14.4. The molecule has 2 aromatic carbocycles. The Balaban J connectivity index is 1.94. The minimum atomic E-state index is -3.95. The zero-order valence-corrected chi connectivity index (χ0v) is 18.5. The lowest BCUT2D eigenvalue weighted by Crippen LogP contribution is -2.47. The summed E-state index contributed by atoms with van der Waals surface area (Å²) in [6.45, 7) is 3.05. The highest BCUT2D eigenvalue weighted by molar-refractivity contribution is 7.89. The number of benzene rings is 2. The number of sulfonamides is 1. The molecular weight excluding hydrogens is 459 g/mol. The lowest BCUT2D eigenvalue weighted by atomic mass is 10.1. The first-order chi connectivity index (χ1) is 14.0. The molecule has 0 aromatic heterocycles. The summed E-state index contributed by atoms with van der Waals surface area (Å²) in [6.07, 6.45) is 0. The molecule has 1 aliphatic rings. The fourth-order valence-corrected chi connectivity index (χ4v) is 5.32. The van der Waals surface area contributed by atoms with Gasteiger partial charge in [-0.25, -0.2) is 17.2 Å². The first kappa shape index (κ1) is 22.9. The Kier molecular flexibility index (Phi) is 6.69. The number of piperazine rings is 1. The number of hydrogen-bond acceptors (Lipinski definition) is 4. The van der Waals surface area contributed by atoms with Crippen molar-refractivity contribution in [1.29, 1.82) is 0 Å². The van der Waals surface area contributed by atoms with Crippen molar-refractivity contribution in [2.24, 2.45) is 0 Å². The molecular formula is C19H19Cl2F2N3O3S. The van der Waals surface area contributed by atoms with Gasteiger partial charge >= 0.3 is 0 Å². The third-order valence-corrected chi connectivity index (χ3v) is 7.49. The van der Waals surface area contributed by atoms with Crippen LogP contribution in [0.3, 0.4) is 0 Å². The third kappa shape index (κ3) is 4.60. The second-order valence-corrected chi connectivity index (χ2v) is 9.73. The summed E-state index contributed by atoms with van der Waals surface area (Å²) in [6, 6.07) is 4.35. The minimum absolute atomic E-state index is 0.00540. The van der Waals surface area contributed by atoms with Crippen molar-refractivity contribution in [2.75, 3.05) is 38.5 Å². The molecule has 1 N–H and O–H groups in total. The molecule has 1 saturated heterocycles. The van der Waals surface area contributed by atoms with E-state index in [0.717, 1.165) is 12.1 Å². The standard InChI is InChI=1S/C19H19Cl2F2N3O3S/c1-11-7-12(8-16(22)18(11)23)24-19(27)13-9-17(15(21)10-14(13)20)30(28,29)26-5-3-25(2)4-6-26/h7-10H,3-6H2,1-2H3,(H,24,27). The van der Waals surface area contributed by atoms with Crippen LogP contribution in [0, 0.1) is 18.6 Å². The summed E-state index contributed by atoms with van der Waals surface area (Å²) in [5.41, 5.74) is -0.145. The minimum Gasteiger partial charge on any atom is -0.322 e. The van der Waals surface area contributed by atoms with E-state index in [0.29, 0.717) is 13.1 Å². The predicted molar refractivity (Wildman–Crippen MR) is 112 cm³/mol. The van der Waals surface area contributed by atoms with Crippen molar-refractivity contribution < 1.29 is 22.0 Å². The average molecular weight is 478 g/mol. The Morgan fingerprint density at radius 2 is 1.67 bits per heavy atom. The van der Waals surface area contributed by atoms with Crippen molar-refractivity contribution in [3.8, 4) is 0 Å². The summed E-state index contributed by atoms with van der Waals surface area (Å²) in [7, 11) is -2.06. The molecule has 2 aromatic rings. The van der Waals surface area contributed by atoms with Crippen LogP contribution in [0.5, 0.6) is 0 Å². The van der Waals surface area contributed by atoms with E-state index < -0.39 is 27.6 Å². The number of carbonyl (C=O) groups excluding carboxylic acids is 1. The van der Waals surface area contributed by atoms with Gasteiger partial charge in [0.05, 0.1) is 15.6 Å². The zero-order chi connectivity index (χ0) is 22.2. The number of nitrogens with one attached hydrogen (secondary N) is 1. The van der Waals surface area contributed by atoms with E-state index in [-0.39, 0.29) is 44.8 Å². The van der Waals surface area contributed by atoms with E-state index in [1.165, 1.54) is 23.4 Å². The molecule has 0 bridgehead atoms. The third-order valence-electron chi connectivity index (χ3n) is 4.81. The largest absolute Gasteiger partial charge is 0.322 e. The van der Waals surface area contributed by atoms with E-state index in [1.807, 2.05) is 11.9 Å². The molecule has 0 aliphatic carbocycles. The molecule has 3 rings (SSSR count). The van der Waals surface area contributed by atoms with Crippen LogP contribution in [0.4, 0.5) is 14.5 Å². The van der Waals surface area contributed by atoms with Gasteiger partial charge in [0.15, 0.2) is 11.6 Å². The predicted octanol–water partition coefficient (Wildman–Crippen LogP) is 3.77. The second-order valence-electron chi connectivity index (χ2n) is 7.01. The van der Waals surface area contributed by atoms with Gasteiger partial charge in [0.1, 0.15) is 4.90 Å². The summed E-state index contributed by atoms with van der Waals surface area (Å²) in [5.74, 6) is -2.92. The van der Waals surface area contributed by atoms with E-state index in [4.69, 9.17) is 23.2 Å². The van der Waals surface area contributed by atoms with Crippen LogP contribution in [0.25, 0.3) is 0 Å². The van der Waals surface area contributed by atoms with Crippen molar-refractivity contribution in [3.05, 3.63) is 57.1 Å². The van der Waals surface area contributed by atoms with Crippen LogP contribution in [0.15, 0.2) is 29.2 Å². The lowest BCUT2D eigenvalue weighted by molar-refractivity contribution is 0.102. The molecule has 0 spiro atoms. The number of halogens is 4. The number of aryl methyl sites for hydroxylation is 1. The molecule has 6 nitrogen and oxygen atoms in total. The van der Waals surface area contributed by atoms with Crippen molar-refractivity contribution in [1.82, 2.24) is 9.21 Å². The Bertz CT molecular complexity index is 1080. The van der Waals surface area contributed by atoms with Gasteiger partial charge in [-0.15, -0.1) is 0 Å². The van der Waals surface area contributed by atoms with Gasteiger partial charge in [0.25, 0.3) is 5.91 Å². The van der Waals surface area contributed by atoms with E-state index in [2.05, 4.69) is 5.32 Å². The molecule has 0 saturated carbocycles. The van der Waals surface area contributed by atoms with Crippen molar-refractivity contribution in [3.63, 3.8) is 0 Å². The van der Waals surface area contributed by atoms with Crippen molar-refractivity contribution in [2.45, 2.75) is 11.8 Å².